The molecular weight excluding hydrogens is 354 g/mol. The zero-order valence-corrected chi connectivity index (χ0v) is 17.3. The van der Waals surface area contributed by atoms with Crippen LogP contribution in [0.4, 0.5) is 5.69 Å². The van der Waals surface area contributed by atoms with Crippen molar-refractivity contribution in [1.29, 1.82) is 0 Å². The number of carbonyl (C=O) groups excluding carboxylic acids is 1. The molecule has 6 heteroatoms. The Morgan fingerprint density at radius 3 is 2.50 bits per heavy atom. The average Bonchev–Trinajstić information content (AvgIpc) is 2.74. The predicted molar refractivity (Wildman–Crippen MR) is 112 cm³/mol. The minimum atomic E-state index is 0.0363. The second kappa shape index (κ2) is 10.2. The molecule has 1 aromatic carbocycles. The maximum atomic E-state index is 12.4. The number of benzene rings is 1. The Morgan fingerprint density at radius 1 is 1.18 bits per heavy atom. The average molecular weight is 390 g/mol. The lowest BCUT2D eigenvalue weighted by atomic mass is 9.79. The molecule has 1 heterocycles. The predicted octanol–water partition coefficient (Wildman–Crippen LogP) is 3.04. The molecule has 2 N–H and O–H groups in total. The molecule has 0 aromatic heterocycles. The fourth-order valence-electron chi connectivity index (χ4n) is 4.45. The van der Waals surface area contributed by atoms with E-state index in [2.05, 4.69) is 22.5 Å². The molecule has 1 amide bonds. The third-order valence-corrected chi connectivity index (χ3v) is 6.11. The molecular formula is C22H35N3O3. The van der Waals surface area contributed by atoms with Crippen molar-refractivity contribution < 1.29 is 14.3 Å². The summed E-state index contributed by atoms with van der Waals surface area (Å²) in [5, 5.41) is 6.64. The standard InChI is InChI=1S/C22H35N3O3/c1-18(16-21(26)24-19-6-8-20(27-2)9-7-19)23-17-22(10-4-3-5-11-22)25-12-14-28-15-13-25/h6-9,18,23H,3-5,10-17H2,1-2H3,(H,24,26). The van der Waals surface area contributed by atoms with Crippen molar-refractivity contribution in [2.24, 2.45) is 0 Å². The number of hydrogen-bond acceptors (Lipinski definition) is 5. The van der Waals surface area contributed by atoms with E-state index < -0.39 is 0 Å². The second-order valence-electron chi connectivity index (χ2n) is 8.15. The molecule has 0 spiro atoms. The SMILES string of the molecule is COc1ccc(NC(=O)CC(C)NCC2(N3CCOCC3)CCCCC2)cc1. The van der Waals surface area contributed by atoms with Crippen LogP contribution < -0.4 is 15.4 Å². The highest BCUT2D eigenvalue weighted by molar-refractivity contribution is 5.91. The first-order valence-corrected chi connectivity index (χ1v) is 10.6. The van der Waals surface area contributed by atoms with Crippen LogP contribution in [0.3, 0.4) is 0 Å². The minimum Gasteiger partial charge on any atom is -0.497 e. The largest absolute Gasteiger partial charge is 0.497 e. The first-order chi connectivity index (χ1) is 13.6. The van der Waals surface area contributed by atoms with E-state index in [1.807, 2.05) is 24.3 Å². The zero-order chi connectivity index (χ0) is 19.8. The molecule has 1 aliphatic heterocycles. The summed E-state index contributed by atoms with van der Waals surface area (Å²) in [6.45, 7) is 6.76. The summed E-state index contributed by atoms with van der Waals surface area (Å²) in [5.74, 6) is 0.822. The fraction of sp³-hybridized carbons (Fsp3) is 0.682. The van der Waals surface area contributed by atoms with Crippen LogP contribution in [-0.4, -0.2) is 62.3 Å². The van der Waals surface area contributed by atoms with E-state index >= 15 is 0 Å². The number of carbonyl (C=O) groups is 1. The number of ether oxygens (including phenoxy) is 2. The van der Waals surface area contributed by atoms with Gasteiger partial charge in [-0.15, -0.1) is 0 Å². The monoisotopic (exact) mass is 389 g/mol. The van der Waals surface area contributed by atoms with Crippen LogP contribution in [0.15, 0.2) is 24.3 Å². The van der Waals surface area contributed by atoms with Gasteiger partial charge in [-0.3, -0.25) is 9.69 Å². The summed E-state index contributed by atoms with van der Waals surface area (Å²) in [4.78, 5) is 15.0. The zero-order valence-electron chi connectivity index (χ0n) is 17.3. The van der Waals surface area contributed by atoms with Gasteiger partial charge >= 0.3 is 0 Å². The van der Waals surface area contributed by atoms with Gasteiger partial charge in [-0.1, -0.05) is 19.3 Å². The van der Waals surface area contributed by atoms with E-state index in [1.165, 1.54) is 32.1 Å². The van der Waals surface area contributed by atoms with Crippen molar-refractivity contribution in [1.82, 2.24) is 10.2 Å². The number of rotatable bonds is 8. The van der Waals surface area contributed by atoms with Crippen LogP contribution in [-0.2, 0) is 9.53 Å². The summed E-state index contributed by atoms with van der Waals surface area (Å²) < 4.78 is 10.7. The van der Waals surface area contributed by atoms with E-state index in [0.717, 1.165) is 44.3 Å². The smallest absolute Gasteiger partial charge is 0.225 e. The number of nitrogens with one attached hydrogen (secondary N) is 2. The highest BCUT2D eigenvalue weighted by Gasteiger charge is 2.38. The molecule has 1 aromatic rings. The highest BCUT2D eigenvalue weighted by Crippen LogP contribution is 2.34. The van der Waals surface area contributed by atoms with Crippen LogP contribution in [0, 0.1) is 0 Å². The third-order valence-electron chi connectivity index (χ3n) is 6.11. The number of amides is 1. The molecule has 6 nitrogen and oxygen atoms in total. The maximum Gasteiger partial charge on any atom is 0.225 e. The van der Waals surface area contributed by atoms with Gasteiger partial charge in [-0.2, -0.15) is 0 Å². The quantitative estimate of drug-likeness (QED) is 0.716. The van der Waals surface area contributed by atoms with E-state index in [9.17, 15) is 4.79 Å². The van der Waals surface area contributed by atoms with Gasteiger partial charge in [0.05, 0.1) is 20.3 Å². The Hall–Kier alpha value is -1.63. The minimum absolute atomic E-state index is 0.0363. The molecule has 1 atom stereocenters. The Morgan fingerprint density at radius 2 is 1.86 bits per heavy atom. The lowest BCUT2D eigenvalue weighted by molar-refractivity contribution is -0.116. The molecule has 2 aliphatic rings. The fourth-order valence-corrected chi connectivity index (χ4v) is 4.45. The van der Waals surface area contributed by atoms with Crippen LogP contribution in [0.5, 0.6) is 5.75 Å². The van der Waals surface area contributed by atoms with Gasteiger partial charge < -0.3 is 20.1 Å². The molecule has 156 valence electrons. The van der Waals surface area contributed by atoms with Crippen molar-refractivity contribution in [2.45, 2.75) is 57.0 Å². The number of anilines is 1. The van der Waals surface area contributed by atoms with Crippen molar-refractivity contribution in [3.05, 3.63) is 24.3 Å². The molecule has 1 saturated carbocycles. The Bertz CT molecular complexity index is 608. The number of hydrogen-bond donors (Lipinski definition) is 2. The van der Waals surface area contributed by atoms with Crippen molar-refractivity contribution in [3.63, 3.8) is 0 Å². The van der Waals surface area contributed by atoms with Gasteiger partial charge in [0, 0.05) is 43.3 Å². The van der Waals surface area contributed by atoms with Gasteiger partial charge in [0.15, 0.2) is 0 Å². The molecule has 0 radical (unpaired) electrons. The topological polar surface area (TPSA) is 62.8 Å². The molecule has 3 rings (SSSR count). The molecule has 0 bridgehead atoms. The van der Waals surface area contributed by atoms with Gasteiger partial charge in [0.2, 0.25) is 5.91 Å². The first kappa shape index (κ1) is 21.1. The Kier molecular flexibility index (Phi) is 7.71. The highest BCUT2D eigenvalue weighted by atomic mass is 16.5. The van der Waals surface area contributed by atoms with Gasteiger partial charge in [-0.25, -0.2) is 0 Å². The van der Waals surface area contributed by atoms with E-state index in [1.54, 1.807) is 7.11 Å². The molecule has 28 heavy (non-hydrogen) atoms. The van der Waals surface area contributed by atoms with Gasteiger partial charge in [0.1, 0.15) is 5.75 Å². The summed E-state index contributed by atoms with van der Waals surface area (Å²) in [6.07, 6.45) is 6.88. The summed E-state index contributed by atoms with van der Waals surface area (Å²) in [6, 6.07) is 7.58. The third kappa shape index (κ3) is 5.69. The van der Waals surface area contributed by atoms with Crippen LogP contribution in [0.25, 0.3) is 0 Å². The Balaban J connectivity index is 1.49. The van der Waals surface area contributed by atoms with Crippen LogP contribution in [0.2, 0.25) is 0 Å². The number of methoxy groups -OCH3 is 1. The molecule has 2 fully saturated rings. The second-order valence-corrected chi connectivity index (χ2v) is 8.15. The maximum absolute atomic E-state index is 12.4. The van der Waals surface area contributed by atoms with Crippen LogP contribution >= 0.6 is 0 Å². The van der Waals surface area contributed by atoms with Crippen LogP contribution in [0.1, 0.15) is 45.4 Å². The van der Waals surface area contributed by atoms with Gasteiger partial charge in [0.25, 0.3) is 0 Å². The van der Waals surface area contributed by atoms with E-state index in [0.29, 0.717) is 6.42 Å². The summed E-state index contributed by atoms with van der Waals surface area (Å²) in [7, 11) is 1.64. The van der Waals surface area contributed by atoms with Gasteiger partial charge in [-0.05, 0) is 44.0 Å². The normalized spacial score (nSPS) is 21.1. The first-order valence-electron chi connectivity index (χ1n) is 10.6. The van der Waals surface area contributed by atoms with Crippen molar-refractivity contribution >= 4 is 11.6 Å². The summed E-state index contributed by atoms with van der Waals surface area (Å²) in [5.41, 5.74) is 1.03. The molecule has 1 aliphatic carbocycles. The van der Waals surface area contributed by atoms with Crippen molar-refractivity contribution in [3.8, 4) is 5.75 Å². The van der Waals surface area contributed by atoms with E-state index in [-0.39, 0.29) is 17.5 Å². The van der Waals surface area contributed by atoms with E-state index in [4.69, 9.17) is 9.47 Å². The van der Waals surface area contributed by atoms with Crippen molar-refractivity contribution in [2.75, 3.05) is 45.3 Å². The lowest BCUT2D eigenvalue weighted by Crippen LogP contribution is -2.60. The lowest BCUT2D eigenvalue weighted by Gasteiger charge is -2.48. The number of morpholine rings is 1. The summed E-state index contributed by atoms with van der Waals surface area (Å²) >= 11 is 0. The Labute approximate surface area is 169 Å². The number of nitrogens with zero attached hydrogens (tertiary/aromatic N) is 1. The molecule has 1 saturated heterocycles. The molecule has 1 unspecified atom stereocenters.